The minimum absolute atomic E-state index is 0.347. The average Bonchev–Trinajstić information content (AvgIpc) is 4.29. The number of fused-ring (bicyclic) bond motifs is 10. The van der Waals surface area contributed by atoms with E-state index >= 15 is 0 Å². The standard InChI is InChI=1S/C66H46N6O/c1-41-29-30-47(40-60(41)72-66(73)71-51-28-16-15-27-50(51)65-48-25-13-11-23-45(48)39-46-24-12-14-26-49(46)65)64-58-37-35-56(69-58)62(43-19-7-3-8-20-43)54-33-31-52(67-54)61(42-17-5-2-6-18-42)53-32-34-55(68-53)63(44-21-9-4-10-22-44)57-36-38-59(64)70-57/h2-40,67,70H,1H3,(H2,71,72,73). The Morgan fingerprint density at radius 3 is 1.25 bits per heavy atom. The predicted molar refractivity (Wildman–Crippen MR) is 305 cm³/mol. The number of rotatable bonds is 7. The van der Waals surface area contributed by atoms with Gasteiger partial charge in [0.2, 0.25) is 0 Å². The van der Waals surface area contributed by atoms with Gasteiger partial charge in [0, 0.05) is 55.6 Å². The van der Waals surface area contributed by atoms with Crippen molar-refractivity contribution in [2.24, 2.45) is 0 Å². The molecule has 7 nitrogen and oxygen atoms in total. The summed E-state index contributed by atoms with van der Waals surface area (Å²) in [6.07, 6.45) is 8.43. The second-order valence-electron chi connectivity index (χ2n) is 18.4. The van der Waals surface area contributed by atoms with Gasteiger partial charge in [-0.25, -0.2) is 14.8 Å². The zero-order valence-corrected chi connectivity index (χ0v) is 39.8. The molecule has 13 rings (SSSR count). The van der Waals surface area contributed by atoms with Gasteiger partial charge in [0.05, 0.1) is 28.5 Å². The maximum absolute atomic E-state index is 14.4. The van der Waals surface area contributed by atoms with Crippen molar-refractivity contribution in [3.63, 3.8) is 0 Å². The summed E-state index contributed by atoms with van der Waals surface area (Å²) in [5.74, 6) is 0. The molecular weight excluding hydrogens is 893 g/mol. The molecule has 0 saturated heterocycles. The van der Waals surface area contributed by atoms with Crippen molar-refractivity contribution in [3.05, 3.63) is 241 Å². The van der Waals surface area contributed by atoms with E-state index < -0.39 is 0 Å². The minimum Gasteiger partial charge on any atom is -0.354 e. The summed E-state index contributed by atoms with van der Waals surface area (Å²) in [6, 6.07) is 72.8. The molecule has 11 aromatic rings. The lowest BCUT2D eigenvalue weighted by molar-refractivity contribution is 0.262. The van der Waals surface area contributed by atoms with Gasteiger partial charge in [-0.15, -0.1) is 0 Å². The maximum Gasteiger partial charge on any atom is 0.323 e. The first-order valence-corrected chi connectivity index (χ1v) is 24.5. The molecule has 2 aliphatic rings. The first kappa shape index (κ1) is 43.2. The molecule has 73 heavy (non-hydrogen) atoms. The van der Waals surface area contributed by atoms with Gasteiger partial charge in [-0.1, -0.05) is 170 Å². The Balaban J connectivity index is 0.990. The number of carbonyl (C=O) groups is 1. The van der Waals surface area contributed by atoms with Crippen LogP contribution in [0.25, 0.3) is 124 Å². The molecule has 0 saturated carbocycles. The van der Waals surface area contributed by atoms with Crippen LogP contribution >= 0.6 is 0 Å². The van der Waals surface area contributed by atoms with Crippen molar-refractivity contribution in [1.29, 1.82) is 0 Å². The molecule has 3 aromatic heterocycles. The number of hydrogen-bond acceptors (Lipinski definition) is 3. The van der Waals surface area contributed by atoms with Gasteiger partial charge in [-0.3, -0.25) is 0 Å². The summed E-state index contributed by atoms with van der Waals surface area (Å²) >= 11 is 0. The first-order valence-electron chi connectivity index (χ1n) is 24.5. The van der Waals surface area contributed by atoms with Gasteiger partial charge in [0.1, 0.15) is 0 Å². The lowest BCUT2D eigenvalue weighted by Crippen LogP contribution is -2.20. The van der Waals surface area contributed by atoms with Gasteiger partial charge in [-0.2, -0.15) is 0 Å². The summed E-state index contributed by atoms with van der Waals surface area (Å²) in [5.41, 5.74) is 19.1. The number of anilines is 2. The summed E-state index contributed by atoms with van der Waals surface area (Å²) in [7, 11) is 0. The van der Waals surface area contributed by atoms with E-state index in [4.69, 9.17) is 9.97 Å². The number of benzene rings is 8. The topological polar surface area (TPSA) is 98.5 Å². The molecule has 0 unspecified atom stereocenters. The first-order chi connectivity index (χ1) is 36.0. The van der Waals surface area contributed by atoms with Crippen molar-refractivity contribution >= 4 is 85.3 Å². The smallest absolute Gasteiger partial charge is 0.323 e. The van der Waals surface area contributed by atoms with Crippen molar-refractivity contribution < 1.29 is 4.79 Å². The molecule has 0 aliphatic carbocycles. The Kier molecular flexibility index (Phi) is 10.7. The summed E-state index contributed by atoms with van der Waals surface area (Å²) < 4.78 is 0. The monoisotopic (exact) mass is 938 g/mol. The number of amides is 2. The zero-order valence-electron chi connectivity index (χ0n) is 39.8. The SMILES string of the molecule is Cc1ccc(-c2c3nc(c(-c4ccccc4)c4ccc([nH]4)c(-c4ccccc4)c4nc(c(-c5ccccc5)c5ccc2[nH]5)C=C4)C=C3)cc1NC(=O)Nc1ccccc1-c1c2ccccc2cc2ccccc12. The van der Waals surface area contributed by atoms with Crippen LogP contribution in [0.3, 0.4) is 0 Å². The van der Waals surface area contributed by atoms with Crippen molar-refractivity contribution in [2.45, 2.75) is 6.92 Å². The number of aromatic nitrogens is 4. The van der Waals surface area contributed by atoms with Crippen molar-refractivity contribution in [2.75, 3.05) is 10.6 Å². The van der Waals surface area contributed by atoms with Crippen LogP contribution in [0.5, 0.6) is 0 Å². The Hall–Kier alpha value is -9.85. The normalized spacial score (nSPS) is 11.8. The van der Waals surface area contributed by atoms with Crippen LogP contribution in [-0.4, -0.2) is 26.0 Å². The third-order valence-electron chi connectivity index (χ3n) is 13.9. The molecule has 2 amide bonds. The molecule has 2 aliphatic heterocycles. The van der Waals surface area contributed by atoms with E-state index in [0.717, 1.165) is 128 Å². The Labute approximate surface area is 422 Å². The number of nitrogens with one attached hydrogen (secondary N) is 4. The summed E-state index contributed by atoms with van der Waals surface area (Å²) in [4.78, 5) is 33.0. The number of aromatic amines is 2. The third-order valence-corrected chi connectivity index (χ3v) is 13.9. The molecule has 0 atom stereocenters. The molecule has 0 fully saturated rings. The highest BCUT2D eigenvalue weighted by molar-refractivity contribution is 6.16. The number of para-hydroxylation sites is 1. The highest BCUT2D eigenvalue weighted by atomic mass is 16.2. The van der Waals surface area contributed by atoms with Crippen LogP contribution in [0.15, 0.2) is 212 Å². The number of carbonyl (C=O) groups excluding carboxylic acids is 1. The molecule has 8 aromatic carbocycles. The Morgan fingerprint density at radius 2 is 0.767 bits per heavy atom. The lowest BCUT2D eigenvalue weighted by atomic mass is 9.91. The lowest BCUT2D eigenvalue weighted by Gasteiger charge is -2.17. The molecular formula is C66H46N6O. The van der Waals surface area contributed by atoms with E-state index in [0.29, 0.717) is 11.4 Å². The van der Waals surface area contributed by atoms with E-state index in [1.807, 2.05) is 43.3 Å². The number of hydrogen-bond donors (Lipinski definition) is 4. The van der Waals surface area contributed by atoms with Gasteiger partial charge >= 0.3 is 6.03 Å². The van der Waals surface area contributed by atoms with Gasteiger partial charge in [0.25, 0.3) is 0 Å². The second-order valence-corrected chi connectivity index (χ2v) is 18.4. The Bertz CT molecular complexity index is 4130. The van der Waals surface area contributed by atoms with Crippen LogP contribution in [0.4, 0.5) is 16.2 Å². The van der Waals surface area contributed by atoms with Gasteiger partial charge < -0.3 is 20.6 Å². The fourth-order valence-electron chi connectivity index (χ4n) is 10.5. The number of nitrogens with zero attached hydrogens (tertiary/aromatic N) is 2. The highest BCUT2D eigenvalue weighted by Crippen LogP contribution is 2.42. The van der Waals surface area contributed by atoms with E-state index in [-0.39, 0.29) is 6.03 Å². The van der Waals surface area contributed by atoms with E-state index in [1.165, 1.54) is 0 Å². The fourth-order valence-corrected chi connectivity index (χ4v) is 10.5. The molecule has 4 N–H and O–H groups in total. The van der Waals surface area contributed by atoms with E-state index in [9.17, 15) is 4.79 Å². The Morgan fingerprint density at radius 1 is 0.370 bits per heavy atom. The minimum atomic E-state index is -0.347. The largest absolute Gasteiger partial charge is 0.354 e. The quantitative estimate of drug-likeness (QED) is 0.120. The van der Waals surface area contributed by atoms with Crippen LogP contribution in [0.1, 0.15) is 28.3 Å². The van der Waals surface area contributed by atoms with Gasteiger partial charge in [0.15, 0.2) is 0 Å². The molecule has 0 radical (unpaired) electrons. The van der Waals surface area contributed by atoms with Crippen LogP contribution in [0, 0.1) is 6.92 Å². The number of H-pyrrole nitrogens is 2. The van der Waals surface area contributed by atoms with Crippen LogP contribution < -0.4 is 10.6 Å². The molecule has 0 spiro atoms. The molecule has 8 bridgehead atoms. The van der Waals surface area contributed by atoms with E-state index in [2.05, 4.69) is 221 Å². The molecule has 5 heterocycles. The maximum atomic E-state index is 14.4. The fraction of sp³-hybridized carbons (Fsp3) is 0.0152. The average molecular weight is 939 g/mol. The highest BCUT2D eigenvalue weighted by Gasteiger charge is 2.21. The van der Waals surface area contributed by atoms with Crippen molar-refractivity contribution in [3.8, 4) is 55.6 Å². The molecule has 346 valence electrons. The summed E-state index contributed by atoms with van der Waals surface area (Å²) in [6.45, 7) is 2.01. The number of aryl methyl sites for hydroxylation is 1. The van der Waals surface area contributed by atoms with Crippen LogP contribution in [0.2, 0.25) is 0 Å². The second kappa shape index (κ2) is 18.2. The summed E-state index contributed by atoms with van der Waals surface area (Å²) in [5, 5.41) is 11.0. The van der Waals surface area contributed by atoms with E-state index in [1.54, 1.807) is 0 Å². The van der Waals surface area contributed by atoms with Gasteiger partial charge in [-0.05, 0) is 129 Å². The zero-order chi connectivity index (χ0) is 48.8. The van der Waals surface area contributed by atoms with Crippen LogP contribution in [-0.2, 0) is 0 Å². The molecule has 7 heteroatoms. The third kappa shape index (κ3) is 7.95. The van der Waals surface area contributed by atoms with Crippen molar-refractivity contribution in [1.82, 2.24) is 19.9 Å². The predicted octanol–water partition coefficient (Wildman–Crippen LogP) is 17.2. The number of urea groups is 1.